The summed E-state index contributed by atoms with van der Waals surface area (Å²) in [5.41, 5.74) is 0.818. The molecule has 0 aromatic rings. The number of aliphatic hydroxyl groups is 1. The molecule has 1 saturated carbocycles. The van der Waals surface area contributed by atoms with Crippen molar-refractivity contribution >= 4 is 0 Å². The molecule has 118 valence electrons. The fourth-order valence-electron chi connectivity index (χ4n) is 4.72. The number of hydrogen-bond donors (Lipinski definition) is 1. The van der Waals surface area contributed by atoms with Gasteiger partial charge in [-0.1, -0.05) is 46.5 Å². The third kappa shape index (κ3) is 3.57. The van der Waals surface area contributed by atoms with E-state index in [4.69, 9.17) is 0 Å². The molecule has 0 radical (unpaired) electrons. The van der Waals surface area contributed by atoms with Gasteiger partial charge in [-0.3, -0.25) is 0 Å². The van der Waals surface area contributed by atoms with Crippen molar-refractivity contribution < 1.29 is 5.11 Å². The molecule has 1 N–H and O–H groups in total. The van der Waals surface area contributed by atoms with Gasteiger partial charge in [-0.2, -0.15) is 0 Å². The van der Waals surface area contributed by atoms with E-state index in [1.165, 1.54) is 64.5 Å². The summed E-state index contributed by atoms with van der Waals surface area (Å²) in [5, 5.41) is 9.96. The monoisotopic (exact) mass is 281 g/mol. The van der Waals surface area contributed by atoms with Crippen molar-refractivity contribution in [2.24, 2.45) is 16.7 Å². The van der Waals surface area contributed by atoms with Crippen LogP contribution in [0.4, 0.5) is 0 Å². The lowest BCUT2D eigenvalue weighted by Crippen LogP contribution is -2.47. The summed E-state index contributed by atoms with van der Waals surface area (Å²) >= 11 is 0. The fourth-order valence-corrected chi connectivity index (χ4v) is 4.72. The molecule has 0 amide bonds. The highest BCUT2D eigenvalue weighted by atomic mass is 16.3. The van der Waals surface area contributed by atoms with Gasteiger partial charge in [-0.25, -0.2) is 0 Å². The zero-order chi connectivity index (χ0) is 14.6. The van der Waals surface area contributed by atoms with Crippen molar-refractivity contribution in [1.82, 2.24) is 4.90 Å². The number of rotatable bonds is 5. The Morgan fingerprint density at radius 3 is 2.20 bits per heavy atom. The highest BCUT2D eigenvalue weighted by molar-refractivity contribution is 4.91. The minimum absolute atomic E-state index is 0.204. The van der Waals surface area contributed by atoms with E-state index in [-0.39, 0.29) is 5.41 Å². The van der Waals surface area contributed by atoms with E-state index in [2.05, 4.69) is 25.7 Å². The molecule has 2 aliphatic rings. The van der Waals surface area contributed by atoms with Crippen LogP contribution < -0.4 is 0 Å². The SMILES string of the molecule is CCC1(CC)CCN(CC2(CO)CCCC(C)C2)CC1. The van der Waals surface area contributed by atoms with Crippen LogP contribution in [0.3, 0.4) is 0 Å². The summed E-state index contributed by atoms with van der Waals surface area (Å²) in [6.45, 7) is 11.1. The first-order valence-corrected chi connectivity index (χ1v) is 8.90. The normalized spacial score (nSPS) is 35.1. The Balaban J connectivity index is 1.90. The lowest BCUT2D eigenvalue weighted by Gasteiger charge is -2.46. The maximum atomic E-state index is 9.96. The van der Waals surface area contributed by atoms with E-state index < -0.39 is 0 Å². The maximum Gasteiger partial charge on any atom is 0.0499 e. The molecule has 2 nitrogen and oxygen atoms in total. The van der Waals surface area contributed by atoms with Crippen LogP contribution in [0.15, 0.2) is 0 Å². The van der Waals surface area contributed by atoms with E-state index in [0.29, 0.717) is 12.0 Å². The van der Waals surface area contributed by atoms with Gasteiger partial charge in [-0.15, -0.1) is 0 Å². The Bertz CT molecular complexity index is 290. The van der Waals surface area contributed by atoms with Crippen LogP contribution in [0.25, 0.3) is 0 Å². The van der Waals surface area contributed by atoms with E-state index in [0.717, 1.165) is 12.5 Å². The van der Waals surface area contributed by atoms with Crippen LogP contribution in [0.1, 0.15) is 72.1 Å². The van der Waals surface area contributed by atoms with Crippen LogP contribution in [0.2, 0.25) is 0 Å². The van der Waals surface area contributed by atoms with Crippen molar-refractivity contribution in [3.05, 3.63) is 0 Å². The van der Waals surface area contributed by atoms with Gasteiger partial charge in [-0.05, 0) is 50.1 Å². The molecule has 2 fully saturated rings. The molecular formula is C18H35NO. The minimum Gasteiger partial charge on any atom is -0.396 e. The predicted molar refractivity (Wildman–Crippen MR) is 85.8 cm³/mol. The largest absolute Gasteiger partial charge is 0.396 e. The van der Waals surface area contributed by atoms with E-state index in [1.807, 2.05) is 0 Å². The Morgan fingerprint density at radius 1 is 1.05 bits per heavy atom. The quantitative estimate of drug-likeness (QED) is 0.821. The van der Waals surface area contributed by atoms with E-state index in [9.17, 15) is 5.11 Å². The third-order valence-electron chi connectivity index (χ3n) is 6.50. The summed E-state index contributed by atoms with van der Waals surface area (Å²) in [6, 6.07) is 0. The summed E-state index contributed by atoms with van der Waals surface area (Å²) in [7, 11) is 0. The zero-order valence-electron chi connectivity index (χ0n) is 14.0. The second-order valence-electron chi connectivity index (χ2n) is 7.84. The molecule has 20 heavy (non-hydrogen) atoms. The van der Waals surface area contributed by atoms with Gasteiger partial charge in [0.15, 0.2) is 0 Å². The Hall–Kier alpha value is -0.0800. The van der Waals surface area contributed by atoms with Crippen molar-refractivity contribution in [2.75, 3.05) is 26.2 Å². The summed E-state index contributed by atoms with van der Waals surface area (Å²) in [5.74, 6) is 0.797. The van der Waals surface area contributed by atoms with Gasteiger partial charge in [0.1, 0.15) is 0 Å². The average molecular weight is 281 g/mol. The molecule has 2 unspecified atom stereocenters. The Kier molecular flexibility index (Phi) is 5.53. The van der Waals surface area contributed by atoms with E-state index in [1.54, 1.807) is 0 Å². The predicted octanol–water partition coefficient (Wildman–Crippen LogP) is 4.08. The van der Waals surface area contributed by atoms with Gasteiger partial charge in [0.2, 0.25) is 0 Å². The third-order valence-corrected chi connectivity index (χ3v) is 6.50. The topological polar surface area (TPSA) is 23.5 Å². The standard InChI is InChI=1S/C18H35NO/c1-4-17(5-2)9-11-19(12-10-17)14-18(15-20)8-6-7-16(3)13-18/h16,20H,4-15H2,1-3H3. The molecule has 1 saturated heterocycles. The highest BCUT2D eigenvalue weighted by Crippen LogP contribution is 2.42. The molecule has 0 spiro atoms. The molecule has 2 rings (SSSR count). The molecule has 2 atom stereocenters. The van der Waals surface area contributed by atoms with Gasteiger partial charge in [0.05, 0.1) is 0 Å². The molecule has 2 heteroatoms. The van der Waals surface area contributed by atoms with Gasteiger partial charge >= 0.3 is 0 Å². The molecule has 1 heterocycles. The summed E-state index contributed by atoms with van der Waals surface area (Å²) in [4.78, 5) is 2.65. The van der Waals surface area contributed by atoms with Crippen LogP contribution in [-0.2, 0) is 0 Å². The van der Waals surface area contributed by atoms with Gasteiger partial charge in [0.25, 0.3) is 0 Å². The van der Waals surface area contributed by atoms with Crippen LogP contribution in [0, 0.1) is 16.7 Å². The number of likely N-dealkylation sites (tertiary alicyclic amines) is 1. The number of hydrogen-bond acceptors (Lipinski definition) is 2. The lowest BCUT2D eigenvalue weighted by molar-refractivity contribution is 0.000626. The first-order chi connectivity index (χ1) is 9.57. The lowest BCUT2D eigenvalue weighted by atomic mass is 9.69. The molecule has 0 aromatic carbocycles. The first-order valence-electron chi connectivity index (χ1n) is 8.90. The molecule has 0 aromatic heterocycles. The fraction of sp³-hybridized carbons (Fsp3) is 1.00. The van der Waals surface area contributed by atoms with Crippen molar-refractivity contribution in [3.63, 3.8) is 0 Å². The van der Waals surface area contributed by atoms with Gasteiger partial charge < -0.3 is 10.0 Å². The second kappa shape index (κ2) is 6.79. The minimum atomic E-state index is 0.204. The Morgan fingerprint density at radius 2 is 1.70 bits per heavy atom. The van der Waals surface area contributed by atoms with E-state index >= 15 is 0 Å². The number of aliphatic hydroxyl groups excluding tert-OH is 1. The zero-order valence-corrected chi connectivity index (χ0v) is 14.0. The Labute approximate surface area is 125 Å². The smallest absolute Gasteiger partial charge is 0.0499 e. The van der Waals surface area contributed by atoms with Crippen LogP contribution in [-0.4, -0.2) is 36.2 Å². The maximum absolute atomic E-state index is 9.96. The number of nitrogens with zero attached hydrogens (tertiary/aromatic N) is 1. The molecular weight excluding hydrogens is 246 g/mol. The van der Waals surface area contributed by atoms with Crippen molar-refractivity contribution in [3.8, 4) is 0 Å². The van der Waals surface area contributed by atoms with Crippen LogP contribution >= 0.6 is 0 Å². The summed E-state index contributed by atoms with van der Waals surface area (Å²) in [6.07, 6.45) is 10.5. The number of piperidine rings is 1. The molecule has 1 aliphatic heterocycles. The van der Waals surface area contributed by atoms with Crippen molar-refractivity contribution in [1.29, 1.82) is 0 Å². The first kappa shape index (κ1) is 16.3. The molecule has 0 bridgehead atoms. The van der Waals surface area contributed by atoms with Gasteiger partial charge in [0, 0.05) is 18.6 Å². The highest BCUT2D eigenvalue weighted by Gasteiger charge is 2.38. The van der Waals surface area contributed by atoms with Crippen molar-refractivity contribution in [2.45, 2.75) is 72.1 Å². The second-order valence-corrected chi connectivity index (χ2v) is 7.84. The van der Waals surface area contributed by atoms with Crippen LogP contribution in [0.5, 0.6) is 0 Å². The molecule has 1 aliphatic carbocycles. The summed E-state index contributed by atoms with van der Waals surface area (Å²) < 4.78 is 0. The average Bonchev–Trinajstić information content (AvgIpc) is 2.48.